The van der Waals surface area contributed by atoms with Gasteiger partial charge >= 0.3 is 0 Å². The number of nitrogens with one attached hydrogen (secondary N) is 1. The quantitative estimate of drug-likeness (QED) is 0.932. The Kier molecular flexibility index (Phi) is 4.27. The number of carbonyl (C=O) groups is 1. The summed E-state index contributed by atoms with van der Waals surface area (Å²) in [6.07, 6.45) is 0. The van der Waals surface area contributed by atoms with Gasteiger partial charge in [-0.15, -0.1) is 11.3 Å². The van der Waals surface area contributed by atoms with Gasteiger partial charge in [-0.1, -0.05) is 19.9 Å². The average Bonchev–Trinajstić information content (AvgIpc) is 2.85. The second-order valence-corrected chi connectivity index (χ2v) is 5.41. The molecule has 3 nitrogen and oxygen atoms in total. The van der Waals surface area contributed by atoms with Crippen molar-refractivity contribution >= 4 is 17.2 Å². The van der Waals surface area contributed by atoms with E-state index in [9.17, 15) is 9.18 Å². The highest BCUT2D eigenvalue weighted by Gasteiger charge is 2.09. The molecule has 100 valence electrons. The third-order valence-corrected chi connectivity index (χ3v) is 3.77. The van der Waals surface area contributed by atoms with E-state index in [4.69, 9.17) is 0 Å². The van der Waals surface area contributed by atoms with E-state index >= 15 is 0 Å². The molecule has 0 radical (unpaired) electrons. The fraction of sp³-hybridized carbons (Fsp3) is 0.286. The van der Waals surface area contributed by atoms with E-state index in [1.165, 1.54) is 18.2 Å². The molecule has 1 aromatic heterocycles. The van der Waals surface area contributed by atoms with Crippen molar-refractivity contribution in [3.63, 3.8) is 0 Å². The molecule has 0 atom stereocenters. The van der Waals surface area contributed by atoms with Gasteiger partial charge in [0.2, 0.25) is 0 Å². The third-order valence-electron chi connectivity index (χ3n) is 2.58. The predicted molar refractivity (Wildman–Crippen MR) is 73.8 cm³/mol. The molecule has 0 saturated carbocycles. The second-order valence-electron chi connectivity index (χ2n) is 4.52. The highest BCUT2D eigenvalue weighted by Crippen LogP contribution is 2.19. The molecule has 0 aliphatic rings. The molecule has 1 amide bonds. The molecule has 0 unspecified atom stereocenters. The highest BCUT2D eigenvalue weighted by molar-refractivity contribution is 7.09. The van der Waals surface area contributed by atoms with E-state index in [2.05, 4.69) is 24.1 Å². The van der Waals surface area contributed by atoms with Gasteiger partial charge in [-0.25, -0.2) is 9.37 Å². The first kappa shape index (κ1) is 13.7. The van der Waals surface area contributed by atoms with Crippen LogP contribution in [0, 0.1) is 5.82 Å². The summed E-state index contributed by atoms with van der Waals surface area (Å²) >= 11 is 1.59. The molecule has 0 aliphatic heterocycles. The van der Waals surface area contributed by atoms with Crippen LogP contribution in [0.3, 0.4) is 0 Å². The second kappa shape index (κ2) is 5.93. The van der Waals surface area contributed by atoms with Crippen LogP contribution in [-0.4, -0.2) is 10.9 Å². The minimum atomic E-state index is -0.414. The lowest BCUT2D eigenvalue weighted by Gasteiger charge is -2.03. The lowest BCUT2D eigenvalue weighted by Crippen LogP contribution is -2.23. The van der Waals surface area contributed by atoms with E-state index in [0.717, 1.165) is 10.7 Å². The van der Waals surface area contributed by atoms with Crippen LogP contribution in [0.1, 0.15) is 40.8 Å². The van der Waals surface area contributed by atoms with Crippen LogP contribution < -0.4 is 5.32 Å². The Morgan fingerprint density at radius 2 is 2.26 bits per heavy atom. The number of carbonyl (C=O) groups excluding carboxylic acids is 1. The van der Waals surface area contributed by atoms with Crippen LogP contribution in [0.15, 0.2) is 29.6 Å². The van der Waals surface area contributed by atoms with Gasteiger partial charge in [0.05, 0.1) is 17.2 Å². The Morgan fingerprint density at radius 3 is 2.89 bits per heavy atom. The molecule has 0 spiro atoms. The Hall–Kier alpha value is -1.75. The zero-order valence-corrected chi connectivity index (χ0v) is 11.6. The maximum atomic E-state index is 13.0. The number of halogens is 1. The van der Waals surface area contributed by atoms with E-state index < -0.39 is 5.82 Å². The molecule has 5 heteroatoms. The highest BCUT2D eigenvalue weighted by atomic mass is 32.1. The monoisotopic (exact) mass is 278 g/mol. The summed E-state index contributed by atoms with van der Waals surface area (Å²) in [4.78, 5) is 16.2. The zero-order valence-electron chi connectivity index (χ0n) is 10.8. The van der Waals surface area contributed by atoms with Gasteiger partial charge in [-0.3, -0.25) is 4.79 Å². The maximum absolute atomic E-state index is 13.0. The van der Waals surface area contributed by atoms with Crippen molar-refractivity contribution in [1.82, 2.24) is 10.3 Å². The minimum Gasteiger partial charge on any atom is -0.346 e. The summed E-state index contributed by atoms with van der Waals surface area (Å²) in [7, 11) is 0. The molecule has 1 N–H and O–H groups in total. The van der Waals surface area contributed by atoms with Crippen molar-refractivity contribution in [1.29, 1.82) is 0 Å². The topological polar surface area (TPSA) is 42.0 Å². The van der Waals surface area contributed by atoms with Crippen molar-refractivity contribution in [2.75, 3.05) is 0 Å². The van der Waals surface area contributed by atoms with Crippen molar-refractivity contribution in [2.45, 2.75) is 26.3 Å². The predicted octanol–water partition coefficient (Wildman–Crippen LogP) is 3.34. The first-order valence-corrected chi connectivity index (χ1v) is 6.92. The fourth-order valence-electron chi connectivity index (χ4n) is 1.57. The van der Waals surface area contributed by atoms with Gasteiger partial charge < -0.3 is 5.32 Å². The van der Waals surface area contributed by atoms with E-state index in [1.54, 1.807) is 17.4 Å². The lowest BCUT2D eigenvalue weighted by molar-refractivity contribution is 0.0950. The number of nitrogens with zero attached hydrogens (tertiary/aromatic N) is 1. The summed E-state index contributed by atoms with van der Waals surface area (Å²) in [6.45, 7) is 4.51. The van der Waals surface area contributed by atoms with Gasteiger partial charge in [-0.2, -0.15) is 0 Å². The summed E-state index contributed by atoms with van der Waals surface area (Å²) in [5.41, 5.74) is 1.15. The Labute approximate surface area is 115 Å². The summed E-state index contributed by atoms with van der Waals surface area (Å²) in [6, 6.07) is 5.63. The van der Waals surface area contributed by atoms with Gasteiger partial charge in [0.1, 0.15) is 5.82 Å². The van der Waals surface area contributed by atoms with Crippen LogP contribution >= 0.6 is 11.3 Å². The van der Waals surface area contributed by atoms with Crippen LogP contribution in [-0.2, 0) is 6.54 Å². The molecule has 0 saturated heterocycles. The fourth-order valence-corrected chi connectivity index (χ4v) is 2.41. The molecular formula is C14H15FN2OS. The van der Waals surface area contributed by atoms with E-state index in [1.807, 2.05) is 5.38 Å². The van der Waals surface area contributed by atoms with Crippen LogP contribution in [0.5, 0.6) is 0 Å². The minimum absolute atomic E-state index is 0.293. The molecular weight excluding hydrogens is 263 g/mol. The number of benzene rings is 1. The van der Waals surface area contributed by atoms with Gasteiger partial charge in [0, 0.05) is 16.9 Å². The van der Waals surface area contributed by atoms with Crippen molar-refractivity contribution in [2.24, 2.45) is 0 Å². The average molecular weight is 278 g/mol. The number of thiazole rings is 1. The van der Waals surface area contributed by atoms with Crippen molar-refractivity contribution < 1.29 is 9.18 Å². The van der Waals surface area contributed by atoms with E-state index in [0.29, 0.717) is 18.0 Å². The Balaban J connectivity index is 1.96. The number of hydrogen-bond donors (Lipinski definition) is 1. The Morgan fingerprint density at radius 1 is 1.47 bits per heavy atom. The maximum Gasteiger partial charge on any atom is 0.251 e. The summed E-state index contributed by atoms with van der Waals surface area (Å²) in [5, 5.41) is 5.72. The molecule has 19 heavy (non-hydrogen) atoms. The van der Waals surface area contributed by atoms with Gasteiger partial charge in [0.25, 0.3) is 5.91 Å². The van der Waals surface area contributed by atoms with E-state index in [-0.39, 0.29) is 5.91 Å². The molecule has 0 fully saturated rings. The number of hydrogen-bond acceptors (Lipinski definition) is 3. The molecule has 1 aromatic carbocycles. The number of rotatable bonds is 4. The van der Waals surface area contributed by atoms with Gasteiger partial charge in [-0.05, 0) is 18.2 Å². The van der Waals surface area contributed by atoms with Crippen molar-refractivity contribution in [3.8, 4) is 0 Å². The van der Waals surface area contributed by atoms with Crippen molar-refractivity contribution in [3.05, 3.63) is 51.7 Å². The van der Waals surface area contributed by atoms with Gasteiger partial charge in [0.15, 0.2) is 0 Å². The number of aromatic nitrogens is 1. The molecule has 0 aliphatic carbocycles. The van der Waals surface area contributed by atoms with Crippen LogP contribution in [0.4, 0.5) is 4.39 Å². The summed E-state index contributed by atoms with van der Waals surface area (Å²) in [5.74, 6) is -0.320. The number of amides is 1. The van der Waals surface area contributed by atoms with Crippen LogP contribution in [0.25, 0.3) is 0 Å². The first-order valence-electron chi connectivity index (χ1n) is 6.04. The zero-order chi connectivity index (χ0) is 13.8. The first-order chi connectivity index (χ1) is 9.06. The Bertz CT molecular complexity index is 580. The normalized spacial score (nSPS) is 10.7. The van der Waals surface area contributed by atoms with Crippen LogP contribution in [0.2, 0.25) is 0 Å². The molecule has 1 heterocycles. The third kappa shape index (κ3) is 3.61. The standard InChI is InChI=1S/C14H15FN2OS/c1-9(2)14-17-12(8-19-14)7-16-13(18)10-4-3-5-11(15)6-10/h3-6,8-9H,7H2,1-2H3,(H,16,18). The SMILES string of the molecule is CC(C)c1nc(CNC(=O)c2cccc(F)c2)cs1. The molecule has 2 rings (SSSR count). The molecule has 0 bridgehead atoms. The molecule has 2 aromatic rings. The summed E-state index contributed by atoms with van der Waals surface area (Å²) < 4.78 is 13.0. The largest absolute Gasteiger partial charge is 0.346 e. The smallest absolute Gasteiger partial charge is 0.251 e. The lowest BCUT2D eigenvalue weighted by atomic mass is 10.2.